The van der Waals surface area contributed by atoms with Crippen LogP contribution in [0.2, 0.25) is 0 Å². The Morgan fingerprint density at radius 1 is 0.714 bits per heavy atom. The van der Waals surface area contributed by atoms with Crippen LogP contribution in [0.3, 0.4) is 0 Å². The van der Waals surface area contributed by atoms with E-state index in [-0.39, 0.29) is 12.1 Å². The SMILES string of the molecule is C=CC(=O)OC1CCCCCCCCCC1[N+](C)(C)CCCCCCCCCCCCCCCC. The molecule has 0 aliphatic heterocycles. The standard InChI is InChI=1S/C32H62NO2/c1-5-7-8-9-10-11-12-13-14-15-16-20-23-26-29-33(3,4)30-27-24-21-18-17-19-22-25-28-31(30)35-32(34)6-2/h6,30-31H,2,5,7-29H2,1,3-4H3/q+1. The van der Waals surface area contributed by atoms with Crippen molar-refractivity contribution in [1.29, 1.82) is 0 Å². The average molecular weight is 493 g/mol. The summed E-state index contributed by atoms with van der Waals surface area (Å²) in [6, 6.07) is 0.402. The average Bonchev–Trinajstić information content (AvgIpc) is 2.89. The van der Waals surface area contributed by atoms with E-state index in [0.717, 1.165) is 10.9 Å². The quantitative estimate of drug-likeness (QED) is 0.0824. The first-order valence-corrected chi connectivity index (χ1v) is 15.7. The number of nitrogens with zero attached hydrogens (tertiary/aromatic N) is 1. The molecule has 0 spiro atoms. The molecule has 0 amide bonds. The lowest BCUT2D eigenvalue weighted by atomic mass is 9.95. The number of carbonyl (C=O) groups excluding carboxylic acids is 1. The third kappa shape index (κ3) is 16.5. The van der Waals surface area contributed by atoms with Crippen LogP contribution in [0, 0.1) is 0 Å². The minimum absolute atomic E-state index is 0.0280. The van der Waals surface area contributed by atoms with E-state index in [1.165, 1.54) is 154 Å². The third-order valence-corrected chi connectivity index (χ3v) is 8.34. The summed E-state index contributed by atoms with van der Waals surface area (Å²) < 4.78 is 6.94. The number of unbranched alkanes of at least 4 members (excludes halogenated alkanes) is 13. The van der Waals surface area contributed by atoms with Gasteiger partial charge in [-0.3, -0.25) is 0 Å². The molecule has 1 fully saturated rings. The van der Waals surface area contributed by atoms with Gasteiger partial charge in [-0.25, -0.2) is 4.79 Å². The number of hydrogen-bond acceptors (Lipinski definition) is 2. The largest absolute Gasteiger partial charge is 0.453 e. The Labute approximate surface area is 220 Å². The zero-order valence-corrected chi connectivity index (χ0v) is 24.2. The lowest BCUT2D eigenvalue weighted by molar-refractivity contribution is -0.919. The van der Waals surface area contributed by atoms with Gasteiger partial charge in [-0.05, 0) is 32.1 Å². The molecule has 1 rings (SSSR count). The summed E-state index contributed by atoms with van der Waals surface area (Å²) in [4.78, 5) is 12.1. The van der Waals surface area contributed by atoms with Crippen LogP contribution in [-0.2, 0) is 9.53 Å². The van der Waals surface area contributed by atoms with Crippen molar-refractivity contribution in [2.24, 2.45) is 0 Å². The van der Waals surface area contributed by atoms with Gasteiger partial charge in [0.1, 0.15) is 6.04 Å². The second kappa shape index (κ2) is 21.3. The van der Waals surface area contributed by atoms with Crippen molar-refractivity contribution in [3.05, 3.63) is 12.7 Å². The van der Waals surface area contributed by atoms with E-state index in [1.807, 2.05) is 0 Å². The topological polar surface area (TPSA) is 26.3 Å². The van der Waals surface area contributed by atoms with E-state index in [0.29, 0.717) is 6.04 Å². The summed E-state index contributed by atoms with van der Waals surface area (Å²) in [6.07, 6.45) is 32.2. The van der Waals surface area contributed by atoms with Gasteiger partial charge in [-0.15, -0.1) is 0 Å². The second-order valence-corrected chi connectivity index (χ2v) is 11.9. The van der Waals surface area contributed by atoms with Gasteiger partial charge in [0, 0.05) is 12.5 Å². The molecule has 3 heteroatoms. The van der Waals surface area contributed by atoms with Crippen molar-refractivity contribution >= 4 is 5.97 Å². The van der Waals surface area contributed by atoms with Crippen molar-refractivity contribution < 1.29 is 14.0 Å². The summed E-state index contributed by atoms with van der Waals surface area (Å²) in [5.41, 5.74) is 0. The van der Waals surface area contributed by atoms with Gasteiger partial charge in [0.15, 0.2) is 6.10 Å². The first-order valence-electron chi connectivity index (χ1n) is 15.7. The van der Waals surface area contributed by atoms with Gasteiger partial charge >= 0.3 is 5.97 Å². The molecule has 0 aromatic heterocycles. The number of likely N-dealkylation sites (N-methyl/N-ethyl adjacent to an activating group) is 1. The van der Waals surface area contributed by atoms with Gasteiger partial charge in [0.25, 0.3) is 0 Å². The Morgan fingerprint density at radius 3 is 1.63 bits per heavy atom. The summed E-state index contributed by atoms with van der Waals surface area (Å²) in [6.45, 7) is 7.12. The molecule has 0 saturated heterocycles. The lowest BCUT2D eigenvalue weighted by Gasteiger charge is -2.42. The summed E-state index contributed by atoms with van der Waals surface area (Å²) in [5, 5.41) is 0. The highest BCUT2D eigenvalue weighted by atomic mass is 16.5. The normalized spacial score (nSPS) is 20.2. The Hall–Kier alpha value is -0.830. The number of esters is 1. The van der Waals surface area contributed by atoms with Gasteiger partial charge in [-0.1, -0.05) is 123 Å². The van der Waals surface area contributed by atoms with Crippen LogP contribution in [0.5, 0.6) is 0 Å². The van der Waals surface area contributed by atoms with Crippen LogP contribution in [0.25, 0.3) is 0 Å². The molecule has 0 aromatic rings. The zero-order valence-electron chi connectivity index (χ0n) is 24.2. The van der Waals surface area contributed by atoms with E-state index < -0.39 is 0 Å². The van der Waals surface area contributed by atoms with Crippen LogP contribution in [0.4, 0.5) is 0 Å². The number of rotatable bonds is 18. The summed E-state index contributed by atoms with van der Waals surface area (Å²) in [5.74, 6) is -0.244. The molecule has 0 heterocycles. The van der Waals surface area contributed by atoms with E-state index in [1.54, 1.807) is 0 Å². The van der Waals surface area contributed by atoms with Crippen LogP contribution >= 0.6 is 0 Å². The number of hydrogen-bond donors (Lipinski definition) is 0. The van der Waals surface area contributed by atoms with E-state index in [9.17, 15) is 4.79 Å². The zero-order chi connectivity index (χ0) is 25.6. The molecule has 3 nitrogen and oxygen atoms in total. The van der Waals surface area contributed by atoms with Gasteiger partial charge in [0.2, 0.25) is 0 Å². The molecule has 0 N–H and O–H groups in total. The highest BCUT2D eigenvalue weighted by molar-refractivity contribution is 5.81. The molecule has 206 valence electrons. The maximum Gasteiger partial charge on any atom is 0.330 e. The van der Waals surface area contributed by atoms with Crippen molar-refractivity contribution in [1.82, 2.24) is 0 Å². The molecule has 2 atom stereocenters. The predicted molar refractivity (Wildman–Crippen MR) is 153 cm³/mol. The van der Waals surface area contributed by atoms with Crippen molar-refractivity contribution in [2.45, 2.75) is 167 Å². The van der Waals surface area contributed by atoms with Gasteiger partial charge < -0.3 is 9.22 Å². The van der Waals surface area contributed by atoms with Crippen LogP contribution < -0.4 is 0 Å². The fourth-order valence-electron chi connectivity index (χ4n) is 5.98. The predicted octanol–water partition coefficient (Wildman–Crippen LogP) is 9.54. The molecule has 1 saturated carbocycles. The fourth-order valence-corrected chi connectivity index (χ4v) is 5.98. The smallest absolute Gasteiger partial charge is 0.330 e. The molecule has 1 aliphatic rings. The minimum atomic E-state index is -0.244. The van der Waals surface area contributed by atoms with E-state index in [2.05, 4.69) is 27.6 Å². The third-order valence-electron chi connectivity index (χ3n) is 8.34. The monoisotopic (exact) mass is 492 g/mol. The Kier molecular flexibility index (Phi) is 19.6. The maximum absolute atomic E-state index is 12.1. The molecule has 0 radical (unpaired) electrons. The second-order valence-electron chi connectivity index (χ2n) is 11.9. The van der Waals surface area contributed by atoms with E-state index in [4.69, 9.17) is 4.74 Å². The van der Waals surface area contributed by atoms with Crippen molar-refractivity contribution in [2.75, 3.05) is 20.6 Å². The first kappa shape index (κ1) is 32.2. The highest BCUT2D eigenvalue weighted by Crippen LogP contribution is 2.27. The minimum Gasteiger partial charge on any atom is -0.453 e. The molecule has 2 unspecified atom stereocenters. The van der Waals surface area contributed by atoms with Crippen LogP contribution in [-0.4, -0.2) is 43.2 Å². The molecule has 0 aromatic carbocycles. The number of ether oxygens (including phenoxy) is 1. The first-order chi connectivity index (χ1) is 17.0. The molecular weight excluding hydrogens is 430 g/mol. The van der Waals surface area contributed by atoms with Crippen molar-refractivity contribution in [3.63, 3.8) is 0 Å². The fraction of sp³-hybridized carbons (Fsp3) is 0.906. The molecule has 35 heavy (non-hydrogen) atoms. The van der Waals surface area contributed by atoms with Gasteiger partial charge in [0.05, 0.1) is 20.6 Å². The van der Waals surface area contributed by atoms with Crippen LogP contribution in [0.15, 0.2) is 12.7 Å². The van der Waals surface area contributed by atoms with Gasteiger partial charge in [-0.2, -0.15) is 0 Å². The molecule has 0 bridgehead atoms. The highest BCUT2D eigenvalue weighted by Gasteiger charge is 2.37. The Morgan fingerprint density at radius 2 is 1.14 bits per heavy atom. The van der Waals surface area contributed by atoms with E-state index >= 15 is 0 Å². The lowest BCUT2D eigenvalue weighted by Crippen LogP contribution is -2.56. The number of carbonyl (C=O) groups is 1. The molecule has 1 aliphatic carbocycles. The summed E-state index contributed by atoms with van der Waals surface area (Å²) in [7, 11) is 4.75. The number of quaternary nitrogens is 1. The van der Waals surface area contributed by atoms with Crippen LogP contribution in [0.1, 0.15) is 155 Å². The van der Waals surface area contributed by atoms with Crippen molar-refractivity contribution in [3.8, 4) is 0 Å². The Bertz CT molecular complexity index is 516. The molecular formula is C32H62NO2+. The Balaban J connectivity index is 2.31. The maximum atomic E-state index is 12.1. The summed E-state index contributed by atoms with van der Waals surface area (Å²) >= 11 is 0.